The van der Waals surface area contributed by atoms with E-state index in [1.807, 2.05) is 31.2 Å². The van der Waals surface area contributed by atoms with Crippen molar-refractivity contribution in [2.75, 3.05) is 30.5 Å². The number of anilines is 3. The van der Waals surface area contributed by atoms with Crippen LogP contribution in [0.25, 0.3) is 11.3 Å². The molecular formula is C20H22N4O4S. The third kappa shape index (κ3) is 5.35. The van der Waals surface area contributed by atoms with Crippen LogP contribution in [0.1, 0.15) is 5.82 Å². The lowest BCUT2D eigenvalue weighted by molar-refractivity contribution is 0.355. The zero-order valence-corrected chi connectivity index (χ0v) is 17.4. The first kappa shape index (κ1) is 20.4. The molecule has 9 heteroatoms. The van der Waals surface area contributed by atoms with Gasteiger partial charge in [-0.3, -0.25) is 4.72 Å². The Balaban J connectivity index is 1.86. The molecule has 3 rings (SSSR count). The number of ether oxygens (including phenoxy) is 2. The lowest BCUT2D eigenvalue weighted by Crippen LogP contribution is -2.09. The van der Waals surface area contributed by atoms with Gasteiger partial charge in [0.15, 0.2) is 11.5 Å². The van der Waals surface area contributed by atoms with E-state index in [0.717, 1.165) is 23.2 Å². The first-order chi connectivity index (χ1) is 13.8. The molecule has 0 bridgehead atoms. The zero-order valence-electron chi connectivity index (χ0n) is 16.6. The molecule has 0 unspecified atom stereocenters. The molecule has 0 fully saturated rings. The summed E-state index contributed by atoms with van der Waals surface area (Å²) >= 11 is 0. The number of aryl methyl sites for hydroxylation is 1. The molecule has 3 aromatic rings. The Bertz CT molecular complexity index is 1120. The van der Waals surface area contributed by atoms with Gasteiger partial charge in [-0.25, -0.2) is 18.4 Å². The number of rotatable bonds is 7. The number of nitrogens with one attached hydrogen (secondary N) is 2. The fourth-order valence-electron chi connectivity index (χ4n) is 2.76. The molecule has 0 amide bonds. The highest BCUT2D eigenvalue weighted by Crippen LogP contribution is 2.32. The third-order valence-corrected chi connectivity index (χ3v) is 4.58. The van der Waals surface area contributed by atoms with Gasteiger partial charge in [-0.2, -0.15) is 0 Å². The maximum atomic E-state index is 11.3. The summed E-state index contributed by atoms with van der Waals surface area (Å²) < 4.78 is 35.7. The second kappa shape index (κ2) is 8.36. The summed E-state index contributed by atoms with van der Waals surface area (Å²) in [6.07, 6.45) is 1.11. The molecule has 1 aromatic heterocycles. The highest BCUT2D eigenvalue weighted by molar-refractivity contribution is 7.92. The molecule has 0 aliphatic heterocycles. The summed E-state index contributed by atoms with van der Waals surface area (Å²) in [5.74, 6) is 2.48. The van der Waals surface area contributed by atoms with Crippen molar-refractivity contribution in [1.82, 2.24) is 9.97 Å². The summed E-state index contributed by atoms with van der Waals surface area (Å²) in [6, 6.07) is 14.3. The number of sulfonamides is 1. The quantitative estimate of drug-likeness (QED) is 0.609. The van der Waals surface area contributed by atoms with Gasteiger partial charge in [-0.15, -0.1) is 0 Å². The fourth-order valence-corrected chi connectivity index (χ4v) is 3.32. The first-order valence-electron chi connectivity index (χ1n) is 8.70. The largest absolute Gasteiger partial charge is 0.493 e. The number of nitrogens with zero attached hydrogens (tertiary/aromatic N) is 2. The minimum absolute atomic E-state index is 0.489. The van der Waals surface area contributed by atoms with E-state index in [4.69, 9.17) is 9.47 Å². The Kier molecular flexibility index (Phi) is 5.88. The Hall–Kier alpha value is -3.33. The Morgan fingerprint density at radius 2 is 1.52 bits per heavy atom. The number of hydrogen-bond donors (Lipinski definition) is 2. The highest BCUT2D eigenvalue weighted by atomic mass is 32.2. The minimum atomic E-state index is -3.31. The monoisotopic (exact) mass is 414 g/mol. The average molecular weight is 414 g/mol. The van der Waals surface area contributed by atoms with Gasteiger partial charge in [0, 0.05) is 23.0 Å². The van der Waals surface area contributed by atoms with Crippen LogP contribution in [-0.4, -0.2) is 38.9 Å². The summed E-state index contributed by atoms with van der Waals surface area (Å²) in [4.78, 5) is 8.93. The van der Waals surface area contributed by atoms with Crippen molar-refractivity contribution in [3.63, 3.8) is 0 Å². The predicted molar refractivity (Wildman–Crippen MR) is 114 cm³/mol. The van der Waals surface area contributed by atoms with Gasteiger partial charge >= 0.3 is 0 Å². The van der Waals surface area contributed by atoms with E-state index in [-0.39, 0.29) is 0 Å². The van der Waals surface area contributed by atoms with Crippen LogP contribution in [0.2, 0.25) is 0 Å². The minimum Gasteiger partial charge on any atom is -0.493 e. The molecule has 8 nitrogen and oxygen atoms in total. The van der Waals surface area contributed by atoms with Crippen molar-refractivity contribution < 1.29 is 17.9 Å². The van der Waals surface area contributed by atoms with Crippen molar-refractivity contribution in [2.45, 2.75) is 6.92 Å². The molecule has 29 heavy (non-hydrogen) atoms. The van der Waals surface area contributed by atoms with E-state index >= 15 is 0 Å². The van der Waals surface area contributed by atoms with Gasteiger partial charge in [0.1, 0.15) is 11.6 Å². The van der Waals surface area contributed by atoms with Crippen molar-refractivity contribution >= 4 is 27.2 Å². The fraction of sp³-hybridized carbons (Fsp3) is 0.200. The molecule has 0 radical (unpaired) electrons. The molecule has 0 spiro atoms. The molecular weight excluding hydrogens is 392 g/mol. The van der Waals surface area contributed by atoms with Gasteiger partial charge < -0.3 is 14.8 Å². The number of aromatic nitrogens is 2. The molecule has 2 N–H and O–H groups in total. The smallest absolute Gasteiger partial charge is 0.229 e. The maximum absolute atomic E-state index is 11.3. The molecule has 0 saturated carbocycles. The third-order valence-electron chi connectivity index (χ3n) is 3.98. The van der Waals surface area contributed by atoms with Crippen molar-refractivity contribution in [2.24, 2.45) is 0 Å². The van der Waals surface area contributed by atoms with Crippen LogP contribution in [-0.2, 0) is 10.0 Å². The maximum Gasteiger partial charge on any atom is 0.229 e. The van der Waals surface area contributed by atoms with Gasteiger partial charge in [-0.05, 0) is 49.4 Å². The highest BCUT2D eigenvalue weighted by Gasteiger charge is 2.10. The topological polar surface area (TPSA) is 102 Å². The van der Waals surface area contributed by atoms with Gasteiger partial charge in [0.2, 0.25) is 10.0 Å². The van der Waals surface area contributed by atoms with Crippen LogP contribution in [0.15, 0.2) is 48.5 Å². The van der Waals surface area contributed by atoms with E-state index in [1.165, 1.54) is 0 Å². The average Bonchev–Trinajstić information content (AvgIpc) is 2.67. The van der Waals surface area contributed by atoms with E-state index in [9.17, 15) is 8.42 Å². The normalized spacial score (nSPS) is 11.0. The SMILES string of the molecule is COc1ccc(-c2cc(Nc3ccc(NS(C)(=O)=O)cc3)nc(C)n2)cc1OC. The lowest BCUT2D eigenvalue weighted by atomic mass is 10.1. The number of benzene rings is 2. The van der Waals surface area contributed by atoms with Gasteiger partial charge in [-0.1, -0.05) is 0 Å². The lowest BCUT2D eigenvalue weighted by Gasteiger charge is -2.12. The molecule has 0 aliphatic rings. The van der Waals surface area contributed by atoms with Crippen LogP contribution in [0.4, 0.5) is 17.2 Å². The van der Waals surface area contributed by atoms with E-state index in [2.05, 4.69) is 20.0 Å². The molecule has 2 aromatic carbocycles. The molecule has 0 saturated heterocycles. The number of methoxy groups -OCH3 is 2. The van der Waals surface area contributed by atoms with Gasteiger partial charge in [0.25, 0.3) is 0 Å². The molecule has 1 heterocycles. The first-order valence-corrected chi connectivity index (χ1v) is 10.6. The van der Waals surface area contributed by atoms with Crippen molar-refractivity contribution in [3.05, 3.63) is 54.4 Å². The second-order valence-corrected chi connectivity index (χ2v) is 8.08. The van der Waals surface area contributed by atoms with E-state index < -0.39 is 10.0 Å². The zero-order chi connectivity index (χ0) is 21.0. The van der Waals surface area contributed by atoms with E-state index in [0.29, 0.717) is 28.8 Å². The Morgan fingerprint density at radius 3 is 2.14 bits per heavy atom. The standard InChI is InChI=1S/C20H22N4O4S/c1-13-21-17(14-5-10-18(27-2)19(11-14)28-3)12-20(22-13)23-15-6-8-16(9-7-15)24-29(4,25)26/h5-12,24H,1-4H3,(H,21,22,23). The summed E-state index contributed by atoms with van der Waals surface area (Å²) in [5, 5.41) is 3.21. The van der Waals surface area contributed by atoms with E-state index in [1.54, 1.807) is 38.5 Å². The van der Waals surface area contributed by atoms with Gasteiger partial charge in [0.05, 0.1) is 26.2 Å². The second-order valence-electron chi connectivity index (χ2n) is 6.33. The molecule has 0 atom stereocenters. The Labute approximate surface area is 170 Å². The van der Waals surface area contributed by atoms with Crippen LogP contribution < -0.4 is 19.5 Å². The predicted octanol–water partition coefficient (Wildman–Crippen LogP) is 3.58. The van der Waals surface area contributed by atoms with Crippen LogP contribution >= 0.6 is 0 Å². The van der Waals surface area contributed by atoms with Crippen LogP contribution in [0.3, 0.4) is 0 Å². The van der Waals surface area contributed by atoms with Crippen LogP contribution in [0, 0.1) is 6.92 Å². The van der Waals surface area contributed by atoms with Crippen molar-refractivity contribution in [1.29, 1.82) is 0 Å². The Morgan fingerprint density at radius 1 is 0.862 bits per heavy atom. The summed E-state index contributed by atoms with van der Waals surface area (Å²) in [5.41, 5.74) is 2.85. The number of hydrogen-bond acceptors (Lipinski definition) is 7. The molecule has 152 valence electrons. The summed E-state index contributed by atoms with van der Waals surface area (Å²) in [6.45, 7) is 1.81. The molecule has 0 aliphatic carbocycles. The van der Waals surface area contributed by atoms with Crippen LogP contribution in [0.5, 0.6) is 11.5 Å². The van der Waals surface area contributed by atoms with Crippen molar-refractivity contribution in [3.8, 4) is 22.8 Å². The summed E-state index contributed by atoms with van der Waals surface area (Å²) in [7, 11) is -0.138.